The van der Waals surface area contributed by atoms with Crippen molar-refractivity contribution in [1.82, 2.24) is 0 Å². The Labute approximate surface area is 108 Å². The van der Waals surface area contributed by atoms with Crippen LogP contribution in [-0.4, -0.2) is 54.6 Å². The molecule has 0 radical (unpaired) electrons. The number of carboxylic acid groups (broad SMARTS) is 1. The van der Waals surface area contributed by atoms with Crippen LogP contribution in [0, 0.1) is 0 Å². The van der Waals surface area contributed by atoms with Gasteiger partial charge in [-0.1, -0.05) is 18.2 Å². The van der Waals surface area contributed by atoms with E-state index in [4.69, 9.17) is 5.11 Å². The van der Waals surface area contributed by atoms with E-state index in [9.17, 15) is 4.79 Å². The Kier molecular flexibility index (Phi) is 6.95. The standard InChI is InChI=1S/C8H8O2S.Ca.2H/c9-8(10)6-11-7-4-2-1-3-5-7;;;/h1-5H,6H2,(H,9,10);;;/q;+2;2*-1. The number of rotatable bonds is 3. The van der Waals surface area contributed by atoms with E-state index < -0.39 is 5.97 Å². The summed E-state index contributed by atoms with van der Waals surface area (Å²) in [4.78, 5) is 11.1. The van der Waals surface area contributed by atoms with Gasteiger partial charge in [0.05, 0.1) is 5.75 Å². The average molecular weight is 210 g/mol. The van der Waals surface area contributed by atoms with Crippen molar-refractivity contribution in [2.24, 2.45) is 0 Å². The molecule has 0 saturated carbocycles. The number of carbonyl (C=O) groups is 1. The molecule has 1 aromatic carbocycles. The summed E-state index contributed by atoms with van der Waals surface area (Å²) >= 11 is 1.33. The Bertz CT molecular complexity index is 246. The summed E-state index contributed by atoms with van der Waals surface area (Å²) in [5, 5.41) is 8.35. The Morgan fingerprint density at radius 3 is 2.50 bits per heavy atom. The third-order valence-electron chi connectivity index (χ3n) is 1.11. The van der Waals surface area contributed by atoms with Gasteiger partial charge < -0.3 is 7.96 Å². The molecule has 1 rings (SSSR count). The third kappa shape index (κ3) is 5.04. The number of aliphatic carboxylic acids is 1. The zero-order chi connectivity index (χ0) is 8.10. The molecule has 0 aromatic heterocycles. The zero-order valence-corrected chi connectivity index (χ0v) is 9.59. The number of carboxylic acids is 1. The smallest absolute Gasteiger partial charge is 1.00 e. The van der Waals surface area contributed by atoms with Crippen molar-refractivity contribution < 1.29 is 12.8 Å². The number of hydrogen-bond donors (Lipinski definition) is 1. The summed E-state index contributed by atoms with van der Waals surface area (Å²) in [6.07, 6.45) is 0. The molecule has 0 heterocycles. The Morgan fingerprint density at radius 2 is 2.00 bits per heavy atom. The van der Waals surface area contributed by atoms with E-state index in [2.05, 4.69) is 0 Å². The van der Waals surface area contributed by atoms with Crippen LogP contribution in [0.4, 0.5) is 0 Å². The van der Waals surface area contributed by atoms with E-state index in [1.165, 1.54) is 11.8 Å². The molecule has 12 heavy (non-hydrogen) atoms. The van der Waals surface area contributed by atoms with Gasteiger partial charge in [0.15, 0.2) is 0 Å². The Hall–Kier alpha value is 0.300. The van der Waals surface area contributed by atoms with Crippen LogP contribution in [0.5, 0.6) is 0 Å². The van der Waals surface area contributed by atoms with Crippen molar-refractivity contribution in [2.45, 2.75) is 4.90 Å². The van der Waals surface area contributed by atoms with Gasteiger partial charge in [-0.05, 0) is 12.1 Å². The first-order chi connectivity index (χ1) is 5.29. The maximum absolute atomic E-state index is 10.2. The molecule has 0 aliphatic heterocycles. The maximum atomic E-state index is 10.2. The second-order valence-corrected chi connectivity index (χ2v) is 3.04. The SMILES string of the molecule is O=C(O)CSc1ccccc1.[Ca+2].[H-].[H-]. The summed E-state index contributed by atoms with van der Waals surface area (Å²) in [5.41, 5.74) is 0. The molecule has 0 unspecified atom stereocenters. The van der Waals surface area contributed by atoms with Gasteiger partial charge in [0.1, 0.15) is 0 Å². The largest absolute Gasteiger partial charge is 2.00 e. The molecule has 0 atom stereocenters. The van der Waals surface area contributed by atoms with Crippen molar-refractivity contribution in [3.8, 4) is 0 Å². The van der Waals surface area contributed by atoms with E-state index in [1.807, 2.05) is 30.3 Å². The van der Waals surface area contributed by atoms with Crippen LogP contribution >= 0.6 is 11.8 Å². The van der Waals surface area contributed by atoms with Crippen molar-refractivity contribution in [3.63, 3.8) is 0 Å². The normalized spacial score (nSPS) is 8.67. The summed E-state index contributed by atoms with van der Waals surface area (Å²) in [7, 11) is 0. The van der Waals surface area contributed by atoms with Gasteiger partial charge in [-0.2, -0.15) is 0 Å². The predicted molar refractivity (Wildman–Crippen MR) is 52.8 cm³/mol. The van der Waals surface area contributed by atoms with E-state index in [0.29, 0.717) is 0 Å². The molecule has 1 N–H and O–H groups in total. The molecule has 0 spiro atoms. The minimum absolute atomic E-state index is 0. The average Bonchev–Trinajstić information content (AvgIpc) is 2.03. The van der Waals surface area contributed by atoms with Crippen molar-refractivity contribution in [3.05, 3.63) is 30.3 Å². The minimum Gasteiger partial charge on any atom is -1.00 e. The monoisotopic (exact) mass is 210 g/mol. The van der Waals surface area contributed by atoms with E-state index in [0.717, 1.165) is 4.90 Å². The topological polar surface area (TPSA) is 37.3 Å². The number of benzene rings is 1. The third-order valence-corrected chi connectivity index (χ3v) is 2.10. The van der Waals surface area contributed by atoms with Gasteiger partial charge in [-0.25, -0.2) is 0 Å². The van der Waals surface area contributed by atoms with Gasteiger partial charge in [-0.3, -0.25) is 4.79 Å². The molecule has 0 bridgehead atoms. The van der Waals surface area contributed by atoms with Crippen LogP contribution in [0.2, 0.25) is 0 Å². The van der Waals surface area contributed by atoms with Gasteiger partial charge in [0.25, 0.3) is 0 Å². The molecule has 0 saturated heterocycles. The summed E-state index contributed by atoms with van der Waals surface area (Å²) in [5.74, 6) is -0.650. The van der Waals surface area contributed by atoms with Gasteiger partial charge in [0, 0.05) is 4.90 Å². The zero-order valence-electron chi connectivity index (χ0n) is 8.56. The summed E-state index contributed by atoms with van der Waals surface area (Å²) in [6.45, 7) is 0. The molecule has 1 aromatic rings. The van der Waals surface area contributed by atoms with Gasteiger partial charge in [0.2, 0.25) is 0 Å². The summed E-state index contributed by atoms with van der Waals surface area (Å²) in [6, 6.07) is 9.49. The summed E-state index contributed by atoms with van der Waals surface area (Å²) < 4.78 is 0. The quantitative estimate of drug-likeness (QED) is 0.609. The molecule has 2 nitrogen and oxygen atoms in total. The molecule has 0 aliphatic carbocycles. The fourth-order valence-corrected chi connectivity index (χ4v) is 1.30. The fraction of sp³-hybridized carbons (Fsp3) is 0.125. The van der Waals surface area contributed by atoms with Crippen LogP contribution < -0.4 is 0 Å². The molecule has 4 heteroatoms. The maximum Gasteiger partial charge on any atom is 2.00 e. The van der Waals surface area contributed by atoms with Crippen LogP contribution in [-0.2, 0) is 4.79 Å². The molecule has 62 valence electrons. The fourth-order valence-electron chi connectivity index (χ4n) is 0.662. The van der Waals surface area contributed by atoms with E-state index in [-0.39, 0.29) is 46.3 Å². The molecular formula is C8H10CaO2S. The first kappa shape index (κ1) is 12.3. The van der Waals surface area contributed by atoms with Gasteiger partial charge in [-0.15, -0.1) is 11.8 Å². The van der Waals surface area contributed by atoms with Crippen molar-refractivity contribution in [1.29, 1.82) is 0 Å². The van der Waals surface area contributed by atoms with Crippen LogP contribution in [0.3, 0.4) is 0 Å². The molecule has 0 fully saturated rings. The Morgan fingerprint density at radius 1 is 1.42 bits per heavy atom. The van der Waals surface area contributed by atoms with Crippen LogP contribution in [0.25, 0.3) is 0 Å². The van der Waals surface area contributed by atoms with Gasteiger partial charge >= 0.3 is 43.7 Å². The van der Waals surface area contributed by atoms with Crippen LogP contribution in [0.15, 0.2) is 35.2 Å². The van der Waals surface area contributed by atoms with Crippen LogP contribution in [0.1, 0.15) is 2.85 Å². The number of thioether (sulfide) groups is 1. The molecular weight excluding hydrogens is 200 g/mol. The first-order valence-corrected chi connectivity index (χ1v) is 4.17. The molecule has 0 aliphatic rings. The minimum atomic E-state index is -0.779. The van der Waals surface area contributed by atoms with E-state index >= 15 is 0 Å². The number of hydrogen-bond acceptors (Lipinski definition) is 2. The van der Waals surface area contributed by atoms with Crippen molar-refractivity contribution in [2.75, 3.05) is 5.75 Å². The Balaban J connectivity index is -0.000000403. The predicted octanol–water partition coefficient (Wildman–Crippen LogP) is 1.71. The molecule has 0 amide bonds. The second kappa shape index (κ2) is 6.78. The van der Waals surface area contributed by atoms with Crippen molar-refractivity contribution >= 4 is 55.5 Å². The first-order valence-electron chi connectivity index (χ1n) is 3.18. The van der Waals surface area contributed by atoms with E-state index in [1.54, 1.807) is 0 Å². The second-order valence-electron chi connectivity index (χ2n) is 2.00.